The van der Waals surface area contributed by atoms with Gasteiger partial charge in [0.15, 0.2) is 0 Å². The minimum Gasteiger partial charge on any atom is -0.335 e. The molecule has 0 unspecified atom stereocenters. The Bertz CT molecular complexity index is 2060. The molecule has 0 spiro atoms. The van der Waals surface area contributed by atoms with Crippen molar-refractivity contribution < 1.29 is 0 Å². The molecule has 0 amide bonds. The first-order valence-electron chi connectivity index (χ1n) is 14.1. The molecule has 0 bridgehead atoms. The average Bonchev–Trinajstić information content (AvgIpc) is 3.37. The second-order valence-corrected chi connectivity index (χ2v) is 10.4. The van der Waals surface area contributed by atoms with Gasteiger partial charge < -0.3 is 9.47 Å². The molecule has 4 nitrogen and oxygen atoms in total. The zero-order valence-corrected chi connectivity index (χ0v) is 23.5. The van der Waals surface area contributed by atoms with E-state index >= 15 is 0 Å². The molecular weight excluding hydrogens is 512 g/mol. The number of hydrogen-bond donors (Lipinski definition) is 0. The summed E-state index contributed by atoms with van der Waals surface area (Å²) in [5.41, 5.74) is 12.4. The molecule has 202 valence electrons. The Balaban J connectivity index is 1.55. The molecular formula is C38H30N4. The van der Waals surface area contributed by atoms with Crippen LogP contribution in [0.1, 0.15) is 12.5 Å². The van der Waals surface area contributed by atoms with Crippen LogP contribution in [-0.4, -0.2) is 22.8 Å². The predicted molar refractivity (Wildman–Crippen MR) is 179 cm³/mol. The highest BCUT2D eigenvalue weighted by Gasteiger charge is 2.28. The number of aliphatic imine (C=N–C) groups is 1. The van der Waals surface area contributed by atoms with E-state index in [0.717, 1.165) is 39.4 Å². The molecule has 4 heteroatoms. The van der Waals surface area contributed by atoms with Crippen LogP contribution in [0.25, 0.3) is 44.2 Å². The molecule has 0 N–H and O–H groups in total. The lowest BCUT2D eigenvalue weighted by molar-refractivity contribution is 1.04. The maximum absolute atomic E-state index is 4.37. The SMILES string of the molecule is C=C/C=C1/CN(c2ccccc2N=C)c2cc3c(cc2/C1=C/C)c1ccccc1n3-c1cccc(-c2ccncc2)c1. The van der Waals surface area contributed by atoms with Crippen LogP contribution in [-0.2, 0) is 0 Å². The summed E-state index contributed by atoms with van der Waals surface area (Å²) in [5.74, 6) is 0. The number of pyridine rings is 1. The molecule has 0 saturated heterocycles. The summed E-state index contributed by atoms with van der Waals surface area (Å²) in [6.07, 6.45) is 9.89. The van der Waals surface area contributed by atoms with Gasteiger partial charge in [-0.15, -0.1) is 0 Å². The van der Waals surface area contributed by atoms with E-state index in [1.165, 1.54) is 33.0 Å². The first-order chi connectivity index (χ1) is 20.7. The molecule has 0 aliphatic carbocycles. The Morgan fingerprint density at radius 1 is 0.786 bits per heavy atom. The first-order valence-corrected chi connectivity index (χ1v) is 14.1. The number of aromatic nitrogens is 2. The van der Waals surface area contributed by atoms with E-state index < -0.39 is 0 Å². The molecule has 7 rings (SSSR count). The van der Waals surface area contributed by atoms with Crippen molar-refractivity contribution in [3.8, 4) is 16.8 Å². The van der Waals surface area contributed by atoms with Crippen LogP contribution in [0.4, 0.5) is 17.1 Å². The van der Waals surface area contributed by atoms with Gasteiger partial charge in [0.25, 0.3) is 0 Å². The highest BCUT2D eigenvalue weighted by molar-refractivity contribution is 6.13. The molecule has 4 aromatic carbocycles. The lowest BCUT2D eigenvalue weighted by Crippen LogP contribution is -2.26. The van der Waals surface area contributed by atoms with Crippen molar-refractivity contribution >= 4 is 51.2 Å². The molecule has 0 atom stereocenters. The van der Waals surface area contributed by atoms with Crippen LogP contribution in [0.3, 0.4) is 0 Å². The second-order valence-electron chi connectivity index (χ2n) is 10.4. The molecule has 0 fully saturated rings. The zero-order chi connectivity index (χ0) is 28.6. The van der Waals surface area contributed by atoms with Gasteiger partial charge in [0, 0.05) is 41.0 Å². The second kappa shape index (κ2) is 10.5. The Morgan fingerprint density at radius 3 is 2.40 bits per heavy atom. The summed E-state index contributed by atoms with van der Waals surface area (Å²) in [5, 5.41) is 2.44. The van der Waals surface area contributed by atoms with Crippen molar-refractivity contribution in [2.45, 2.75) is 6.92 Å². The maximum atomic E-state index is 4.37. The molecule has 1 aliphatic heterocycles. The zero-order valence-electron chi connectivity index (χ0n) is 23.5. The standard InChI is InChI=1S/C38H30N4/c1-4-11-28-25-41(36-17-9-7-15-34(36)39-3)37-24-38-33(23-32(37)30(28)5-2)31-14-6-8-16-35(31)42(38)29-13-10-12-27(22-29)26-18-20-40-21-19-26/h4-24H,1,3,25H2,2H3/b28-11-,30-5+. The summed E-state index contributed by atoms with van der Waals surface area (Å²) < 4.78 is 2.38. The number of rotatable bonds is 5. The van der Waals surface area contributed by atoms with Crippen molar-refractivity contribution in [1.29, 1.82) is 0 Å². The lowest BCUT2D eigenvalue weighted by Gasteiger charge is -2.35. The van der Waals surface area contributed by atoms with E-state index in [2.05, 4.69) is 137 Å². The molecule has 42 heavy (non-hydrogen) atoms. The molecule has 2 aromatic heterocycles. The van der Waals surface area contributed by atoms with Crippen LogP contribution >= 0.6 is 0 Å². The fourth-order valence-corrected chi connectivity index (χ4v) is 6.27. The monoisotopic (exact) mass is 542 g/mol. The van der Waals surface area contributed by atoms with E-state index in [9.17, 15) is 0 Å². The van der Waals surface area contributed by atoms with E-state index in [1.54, 1.807) is 0 Å². The Labute approximate surface area is 245 Å². The average molecular weight is 543 g/mol. The van der Waals surface area contributed by atoms with Gasteiger partial charge in [0.2, 0.25) is 0 Å². The van der Waals surface area contributed by atoms with Crippen LogP contribution in [0.2, 0.25) is 0 Å². The highest BCUT2D eigenvalue weighted by atomic mass is 15.2. The number of hydrogen-bond acceptors (Lipinski definition) is 3. The predicted octanol–water partition coefficient (Wildman–Crippen LogP) is 9.85. The third-order valence-corrected chi connectivity index (χ3v) is 8.11. The summed E-state index contributed by atoms with van der Waals surface area (Å²) >= 11 is 0. The third-order valence-electron chi connectivity index (χ3n) is 8.11. The van der Waals surface area contributed by atoms with Crippen LogP contribution in [0, 0.1) is 0 Å². The van der Waals surface area contributed by atoms with Crippen LogP contribution in [0.5, 0.6) is 0 Å². The van der Waals surface area contributed by atoms with Crippen LogP contribution in [0.15, 0.2) is 145 Å². The smallest absolute Gasteiger partial charge is 0.0859 e. The van der Waals surface area contributed by atoms with Gasteiger partial charge in [0.05, 0.1) is 28.1 Å². The van der Waals surface area contributed by atoms with Crippen molar-refractivity contribution in [2.75, 3.05) is 11.4 Å². The minimum absolute atomic E-state index is 0.703. The molecule has 3 heterocycles. The quantitative estimate of drug-likeness (QED) is 0.203. The van der Waals surface area contributed by atoms with Gasteiger partial charge >= 0.3 is 0 Å². The Morgan fingerprint density at radius 2 is 1.60 bits per heavy atom. The number of nitrogens with zero attached hydrogens (tertiary/aromatic N) is 4. The van der Waals surface area contributed by atoms with Crippen molar-refractivity contribution in [2.24, 2.45) is 4.99 Å². The number of allylic oxidation sites excluding steroid dienone is 3. The number of fused-ring (bicyclic) bond motifs is 4. The third kappa shape index (κ3) is 4.08. The summed E-state index contributed by atoms with van der Waals surface area (Å²) in [6, 6.07) is 34.4. The number of para-hydroxylation sites is 3. The van der Waals surface area contributed by atoms with Gasteiger partial charge in [-0.1, -0.05) is 67.3 Å². The van der Waals surface area contributed by atoms with Gasteiger partial charge in [-0.2, -0.15) is 0 Å². The fourth-order valence-electron chi connectivity index (χ4n) is 6.27. The van der Waals surface area contributed by atoms with Gasteiger partial charge in [-0.25, -0.2) is 0 Å². The van der Waals surface area contributed by atoms with Crippen molar-refractivity contribution in [3.63, 3.8) is 0 Å². The van der Waals surface area contributed by atoms with Gasteiger partial charge in [-0.05, 0) is 90.5 Å². The number of benzene rings is 4. The summed E-state index contributed by atoms with van der Waals surface area (Å²) in [6.45, 7) is 10.7. The van der Waals surface area contributed by atoms with Crippen molar-refractivity contribution in [1.82, 2.24) is 9.55 Å². The van der Waals surface area contributed by atoms with Crippen molar-refractivity contribution in [3.05, 3.63) is 145 Å². The Hall–Kier alpha value is -5.48. The largest absolute Gasteiger partial charge is 0.335 e. The summed E-state index contributed by atoms with van der Waals surface area (Å²) in [4.78, 5) is 10.9. The highest BCUT2D eigenvalue weighted by Crippen LogP contribution is 2.47. The first kappa shape index (κ1) is 25.5. The molecule has 1 aliphatic rings. The summed E-state index contributed by atoms with van der Waals surface area (Å²) in [7, 11) is 0. The molecule has 0 saturated carbocycles. The lowest BCUT2D eigenvalue weighted by atomic mass is 9.89. The van der Waals surface area contributed by atoms with Crippen LogP contribution < -0.4 is 4.90 Å². The fraction of sp³-hybridized carbons (Fsp3) is 0.0526. The maximum Gasteiger partial charge on any atom is 0.0859 e. The topological polar surface area (TPSA) is 33.4 Å². The normalized spacial score (nSPS) is 14.9. The Kier molecular flexibility index (Phi) is 6.37. The van der Waals surface area contributed by atoms with Gasteiger partial charge in [-0.3, -0.25) is 9.98 Å². The van der Waals surface area contributed by atoms with E-state index in [4.69, 9.17) is 0 Å². The van der Waals surface area contributed by atoms with E-state index in [-0.39, 0.29) is 0 Å². The van der Waals surface area contributed by atoms with E-state index in [0.29, 0.717) is 6.54 Å². The molecule has 0 radical (unpaired) electrons. The van der Waals surface area contributed by atoms with E-state index in [1.807, 2.05) is 30.6 Å². The molecule has 6 aromatic rings. The minimum atomic E-state index is 0.703. The number of anilines is 2. The van der Waals surface area contributed by atoms with Gasteiger partial charge in [0.1, 0.15) is 0 Å².